The molecule has 0 unspecified atom stereocenters. The zero-order valence-corrected chi connectivity index (χ0v) is 18.0. The quantitative estimate of drug-likeness (QED) is 0.322. The largest absolute Gasteiger partial charge is 0.465 e. The summed E-state index contributed by atoms with van der Waals surface area (Å²) in [6, 6.07) is 19.2. The third-order valence-corrected chi connectivity index (χ3v) is 4.95. The molecule has 0 aliphatic heterocycles. The topological polar surface area (TPSA) is 96.7 Å². The van der Waals surface area contributed by atoms with Gasteiger partial charge in [0.05, 0.1) is 23.9 Å². The van der Waals surface area contributed by atoms with Gasteiger partial charge in [0.1, 0.15) is 5.52 Å². The molecule has 3 aromatic carbocycles. The molecule has 0 fully saturated rings. The summed E-state index contributed by atoms with van der Waals surface area (Å²) in [6.45, 7) is 0. The molecule has 32 heavy (non-hydrogen) atoms. The Morgan fingerprint density at radius 3 is 2.44 bits per heavy atom. The van der Waals surface area contributed by atoms with E-state index in [0.29, 0.717) is 32.9 Å². The van der Waals surface area contributed by atoms with Crippen molar-refractivity contribution in [3.05, 3.63) is 82.9 Å². The van der Waals surface area contributed by atoms with Gasteiger partial charge in [-0.2, -0.15) is 4.98 Å². The highest BCUT2D eigenvalue weighted by Crippen LogP contribution is 2.26. The molecule has 0 aliphatic rings. The van der Waals surface area contributed by atoms with Crippen LogP contribution in [0.1, 0.15) is 20.7 Å². The molecule has 2 N–H and O–H groups in total. The molecule has 1 aromatic heterocycles. The van der Waals surface area contributed by atoms with E-state index in [1.807, 2.05) is 0 Å². The molecule has 0 spiro atoms. The first-order chi connectivity index (χ1) is 15.4. The number of hydrogen-bond acceptors (Lipinski definition) is 7. The second kappa shape index (κ2) is 8.99. The second-order valence-corrected chi connectivity index (χ2v) is 7.28. The molecule has 0 saturated carbocycles. The number of methoxy groups -OCH3 is 1. The summed E-state index contributed by atoms with van der Waals surface area (Å²) in [5.74, 6) is -0.799. The van der Waals surface area contributed by atoms with Gasteiger partial charge >= 0.3 is 5.97 Å². The van der Waals surface area contributed by atoms with Gasteiger partial charge in [0.15, 0.2) is 5.58 Å². The van der Waals surface area contributed by atoms with E-state index in [2.05, 4.69) is 15.7 Å². The number of fused-ring (bicyclic) bond motifs is 1. The number of anilines is 3. The molecule has 8 nitrogen and oxygen atoms in total. The van der Waals surface area contributed by atoms with E-state index in [-0.39, 0.29) is 11.9 Å². The van der Waals surface area contributed by atoms with Crippen LogP contribution in [0.4, 0.5) is 17.4 Å². The number of esters is 1. The zero-order valence-electron chi connectivity index (χ0n) is 17.3. The van der Waals surface area contributed by atoms with Crippen LogP contribution in [0.3, 0.4) is 0 Å². The third kappa shape index (κ3) is 4.50. The number of aromatic nitrogens is 1. The lowest BCUT2D eigenvalue weighted by Gasteiger charge is -2.20. The van der Waals surface area contributed by atoms with Crippen LogP contribution in [0.15, 0.2) is 71.1 Å². The minimum Gasteiger partial charge on any atom is -0.465 e. The summed E-state index contributed by atoms with van der Waals surface area (Å²) in [5, 5.41) is 5.22. The monoisotopic (exact) mass is 450 g/mol. The van der Waals surface area contributed by atoms with Crippen molar-refractivity contribution in [1.29, 1.82) is 0 Å². The Labute approximate surface area is 188 Å². The lowest BCUT2D eigenvalue weighted by Crippen LogP contribution is -2.39. The lowest BCUT2D eigenvalue weighted by atomic mass is 10.2. The van der Waals surface area contributed by atoms with Crippen LogP contribution in [0.2, 0.25) is 5.02 Å². The van der Waals surface area contributed by atoms with Crippen LogP contribution < -0.4 is 15.8 Å². The first kappa shape index (κ1) is 21.2. The highest BCUT2D eigenvalue weighted by molar-refractivity contribution is 6.30. The summed E-state index contributed by atoms with van der Waals surface area (Å²) in [6.07, 6.45) is 0. The van der Waals surface area contributed by atoms with Gasteiger partial charge in [-0.3, -0.25) is 15.2 Å². The Morgan fingerprint density at radius 1 is 1.03 bits per heavy atom. The Kier molecular flexibility index (Phi) is 5.96. The van der Waals surface area contributed by atoms with Gasteiger partial charge in [0.2, 0.25) is 0 Å². The molecule has 0 bridgehead atoms. The summed E-state index contributed by atoms with van der Waals surface area (Å²) in [5.41, 5.74) is 5.87. The smallest absolute Gasteiger partial charge is 0.337 e. The number of carbonyl (C=O) groups is 2. The number of nitrogens with one attached hydrogen (secondary N) is 2. The molecule has 1 heterocycles. The average molecular weight is 451 g/mol. The number of amides is 1. The highest BCUT2D eigenvalue weighted by Gasteiger charge is 2.17. The molecule has 9 heteroatoms. The van der Waals surface area contributed by atoms with Crippen LogP contribution in [-0.4, -0.2) is 31.0 Å². The molecule has 0 atom stereocenters. The van der Waals surface area contributed by atoms with E-state index in [9.17, 15) is 9.59 Å². The minimum absolute atomic E-state index is 0.259. The maximum Gasteiger partial charge on any atom is 0.337 e. The second-order valence-electron chi connectivity index (χ2n) is 6.84. The number of carbonyl (C=O) groups excluding carboxylic acids is 2. The predicted octanol–water partition coefficient (Wildman–Crippen LogP) is 4.79. The number of ether oxygens (including phenoxy) is 1. The molecule has 4 aromatic rings. The van der Waals surface area contributed by atoms with Crippen molar-refractivity contribution in [2.45, 2.75) is 0 Å². The number of halogens is 1. The Hall–Kier alpha value is -4.04. The number of hydrogen-bond donors (Lipinski definition) is 2. The number of hydrazine groups is 1. The van der Waals surface area contributed by atoms with Gasteiger partial charge in [0.25, 0.3) is 11.9 Å². The van der Waals surface area contributed by atoms with Crippen molar-refractivity contribution in [1.82, 2.24) is 10.4 Å². The van der Waals surface area contributed by atoms with Crippen LogP contribution in [0, 0.1) is 0 Å². The van der Waals surface area contributed by atoms with Crippen molar-refractivity contribution >= 4 is 52.0 Å². The number of rotatable bonds is 6. The minimum atomic E-state index is -0.428. The van der Waals surface area contributed by atoms with E-state index in [4.69, 9.17) is 20.8 Å². The zero-order chi connectivity index (χ0) is 22.7. The van der Waals surface area contributed by atoms with Crippen LogP contribution >= 0.6 is 11.6 Å². The SMILES string of the molecule is COC(=O)c1ccc(N(C)NC(=O)c2cccc3nc(Nc4ccc(Cl)cc4)oc23)cc1. The Bertz CT molecular complexity index is 1270. The molecule has 0 radical (unpaired) electrons. The molecular weight excluding hydrogens is 432 g/mol. The van der Waals surface area contributed by atoms with Crippen molar-refractivity contribution in [3.63, 3.8) is 0 Å². The third-order valence-electron chi connectivity index (χ3n) is 4.70. The van der Waals surface area contributed by atoms with E-state index in [1.54, 1.807) is 78.8 Å². The van der Waals surface area contributed by atoms with Gasteiger partial charge in [0, 0.05) is 17.8 Å². The van der Waals surface area contributed by atoms with E-state index in [0.717, 1.165) is 5.69 Å². The Balaban J connectivity index is 1.52. The molecule has 0 saturated heterocycles. The van der Waals surface area contributed by atoms with E-state index >= 15 is 0 Å². The van der Waals surface area contributed by atoms with Gasteiger partial charge < -0.3 is 14.5 Å². The number of benzene rings is 3. The predicted molar refractivity (Wildman–Crippen MR) is 122 cm³/mol. The fourth-order valence-electron chi connectivity index (χ4n) is 3.05. The van der Waals surface area contributed by atoms with Crippen molar-refractivity contribution in [2.75, 3.05) is 24.5 Å². The molecule has 4 rings (SSSR count). The van der Waals surface area contributed by atoms with Crippen molar-refractivity contribution in [2.24, 2.45) is 0 Å². The first-order valence-corrected chi connectivity index (χ1v) is 9.97. The molecule has 1 amide bonds. The van der Waals surface area contributed by atoms with E-state index in [1.165, 1.54) is 7.11 Å². The lowest BCUT2D eigenvalue weighted by molar-refractivity contribution is 0.0600. The number of nitrogens with zero attached hydrogens (tertiary/aromatic N) is 2. The summed E-state index contributed by atoms with van der Waals surface area (Å²) in [7, 11) is 3.02. The van der Waals surface area contributed by atoms with Gasteiger partial charge in [-0.25, -0.2) is 4.79 Å². The van der Waals surface area contributed by atoms with Crippen molar-refractivity contribution < 1.29 is 18.7 Å². The summed E-state index contributed by atoms with van der Waals surface area (Å²) >= 11 is 5.91. The molecular formula is C23H19ClN4O4. The van der Waals surface area contributed by atoms with E-state index < -0.39 is 5.97 Å². The maximum absolute atomic E-state index is 12.9. The van der Waals surface area contributed by atoms with Gasteiger partial charge in [-0.05, 0) is 60.7 Å². The molecule has 0 aliphatic carbocycles. The highest BCUT2D eigenvalue weighted by atomic mass is 35.5. The van der Waals surface area contributed by atoms with Gasteiger partial charge in [-0.1, -0.05) is 17.7 Å². The standard InChI is InChI=1S/C23H19ClN4O4/c1-28(17-12-6-14(7-13-17)22(30)31-2)27-21(29)18-4-3-5-19-20(18)32-23(26-19)25-16-10-8-15(24)9-11-16/h3-13H,1-2H3,(H,25,26)(H,27,29). The fourth-order valence-corrected chi connectivity index (χ4v) is 3.18. The summed E-state index contributed by atoms with van der Waals surface area (Å²) < 4.78 is 10.5. The van der Waals surface area contributed by atoms with Gasteiger partial charge in [-0.15, -0.1) is 0 Å². The molecule has 162 valence electrons. The number of oxazole rings is 1. The van der Waals surface area contributed by atoms with Crippen LogP contribution in [0.25, 0.3) is 11.1 Å². The van der Waals surface area contributed by atoms with Crippen LogP contribution in [-0.2, 0) is 4.74 Å². The average Bonchev–Trinajstić information content (AvgIpc) is 3.22. The maximum atomic E-state index is 12.9. The van der Waals surface area contributed by atoms with Crippen molar-refractivity contribution in [3.8, 4) is 0 Å². The number of para-hydroxylation sites is 1. The summed E-state index contributed by atoms with van der Waals surface area (Å²) in [4.78, 5) is 28.9. The normalized spacial score (nSPS) is 10.6. The Morgan fingerprint density at radius 2 is 1.75 bits per heavy atom. The first-order valence-electron chi connectivity index (χ1n) is 9.60. The fraction of sp³-hybridized carbons (Fsp3) is 0.0870. The van der Waals surface area contributed by atoms with Crippen LogP contribution in [0.5, 0.6) is 0 Å².